The van der Waals surface area contributed by atoms with Crippen LogP contribution in [0.1, 0.15) is 23.3 Å². The lowest BCUT2D eigenvalue weighted by atomic mass is 10.1. The lowest BCUT2D eigenvalue weighted by Crippen LogP contribution is -2.40. The molecular weight excluding hydrogens is 250 g/mol. The molecule has 19 heavy (non-hydrogen) atoms. The number of nitrogens with two attached hydrogens (primary N) is 2. The molecule has 8 heteroatoms. The molecule has 1 aliphatic heterocycles. The molecule has 104 valence electrons. The number of nitrogens with one attached hydrogen (secondary N) is 1. The molecule has 0 spiro atoms. The number of nitrogen functional groups attached to an aromatic ring is 1. The van der Waals surface area contributed by atoms with Crippen LogP contribution < -0.4 is 16.8 Å². The number of rotatable bonds is 4. The van der Waals surface area contributed by atoms with Gasteiger partial charge in [0.15, 0.2) is 5.69 Å². The first-order valence-corrected chi connectivity index (χ1v) is 6.06. The molecule has 0 atom stereocenters. The molecule has 2 heterocycles. The molecule has 0 aliphatic carbocycles. The number of amides is 2. The second-order valence-electron chi connectivity index (χ2n) is 4.45. The highest BCUT2D eigenvalue weighted by Crippen LogP contribution is 2.09. The zero-order valence-electron chi connectivity index (χ0n) is 10.5. The summed E-state index contributed by atoms with van der Waals surface area (Å²) in [6.45, 7) is 1.33. The number of hydrogen-bond acceptors (Lipinski definition) is 5. The zero-order valence-corrected chi connectivity index (χ0v) is 10.5. The molecular formula is C11H17N5O3. The summed E-state index contributed by atoms with van der Waals surface area (Å²) in [5, 5.41) is 6.76. The summed E-state index contributed by atoms with van der Waals surface area (Å²) in [5.74, 6) is -0.883. The van der Waals surface area contributed by atoms with Crippen LogP contribution in [0.4, 0.5) is 5.69 Å². The van der Waals surface area contributed by atoms with Crippen molar-refractivity contribution >= 4 is 17.5 Å². The molecule has 5 N–H and O–H groups in total. The van der Waals surface area contributed by atoms with Gasteiger partial charge in [0.05, 0.1) is 5.69 Å². The maximum Gasteiger partial charge on any atom is 0.271 e. The Labute approximate surface area is 110 Å². The van der Waals surface area contributed by atoms with Crippen molar-refractivity contribution in [3.63, 3.8) is 0 Å². The van der Waals surface area contributed by atoms with Crippen LogP contribution in [0.25, 0.3) is 0 Å². The van der Waals surface area contributed by atoms with Gasteiger partial charge in [-0.1, -0.05) is 0 Å². The van der Waals surface area contributed by atoms with Gasteiger partial charge in [-0.25, -0.2) is 0 Å². The van der Waals surface area contributed by atoms with Crippen molar-refractivity contribution in [3.8, 4) is 0 Å². The van der Waals surface area contributed by atoms with Crippen molar-refractivity contribution in [1.82, 2.24) is 15.1 Å². The lowest BCUT2D eigenvalue weighted by molar-refractivity contribution is -0.123. The molecule has 1 aliphatic rings. The van der Waals surface area contributed by atoms with Gasteiger partial charge >= 0.3 is 0 Å². The summed E-state index contributed by atoms with van der Waals surface area (Å²) in [5.41, 5.74) is 10.8. The van der Waals surface area contributed by atoms with Gasteiger partial charge in [-0.2, -0.15) is 5.10 Å². The van der Waals surface area contributed by atoms with Crippen LogP contribution in [0.15, 0.2) is 6.20 Å². The number of carbonyl (C=O) groups is 2. The zero-order chi connectivity index (χ0) is 13.8. The van der Waals surface area contributed by atoms with Crippen LogP contribution in [-0.2, 0) is 16.1 Å². The van der Waals surface area contributed by atoms with Gasteiger partial charge in [0, 0.05) is 25.5 Å². The van der Waals surface area contributed by atoms with E-state index in [1.54, 1.807) is 0 Å². The van der Waals surface area contributed by atoms with Crippen LogP contribution in [0.3, 0.4) is 0 Å². The topological polar surface area (TPSA) is 125 Å². The van der Waals surface area contributed by atoms with Crippen molar-refractivity contribution in [3.05, 3.63) is 11.9 Å². The fourth-order valence-corrected chi connectivity index (χ4v) is 1.97. The van der Waals surface area contributed by atoms with E-state index in [1.807, 2.05) is 0 Å². The number of anilines is 1. The van der Waals surface area contributed by atoms with E-state index >= 15 is 0 Å². The highest BCUT2D eigenvalue weighted by atomic mass is 16.5. The molecule has 2 amide bonds. The van der Waals surface area contributed by atoms with E-state index in [9.17, 15) is 9.59 Å². The van der Waals surface area contributed by atoms with E-state index in [-0.39, 0.29) is 29.9 Å². The summed E-state index contributed by atoms with van der Waals surface area (Å²) in [6, 6.07) is 0.129. The van der Waals surface area contributed by atoms with Crippen molar-refractivity contribution in [2.75, 3.05) is 18.9 Å². The highest BCUT2D eigenvalue weighted by molar-refractivity contribution is 5.95. The number of hydrogen-bond donors (Lipinski definition) is 3. The molecule has 1 aromatic rings. The fourth-order valence-electron chi connectivity index (χ4n) is 1.97. The minimum atomic E-state index is -0.707. The molecule has 0 aromatic carbocycles. The maximum atomic E-state index is 11.8. The van der Waals surface area contributed by atoms with E-state index in [2.05, 4.69) is 10.4 Å². The third-order valence-electron chi connectivity index (χ3n) is 2.92. The Morgan fingerprint density at radius 2 is 2.16 bits per heavy atom. The monoisotopic (exact) mass is 267 g/mol. The van der Waals surface area contributed by atoms with E-state index in [0.717, 1.165) is 12.8 Å². The number of ether oxygens (including phenoxy) is 1. The maximum absolute atomic E-state index is 11.8. The fraction of sp³-hybridized carbons (Fsp3) is 0.545. The van der Waals surface area contributed by atoms with E-state index in [0.29, 0.717) is 13.2 Å². The quantitative estimate of drug-likeness (QED) is 0.635. The Bertz CT molecular complexity index is 479. The van der Waals surface area contributed by atoms with Crippen LogP contribution in [-0.4, -0.2) is 40.9 Å². The third-order valence-corrected chi connectivity index (χ3v) is 2.92. The van der Waals surface area contributed by atoms with Crippen molar-refractivity contribution < 1.29 is 14.3 Å². The first-order valence-electron chi connectivity index (χ1n) is 6.06. The van der Waals surface area contributed by atoms with E-state index < -0.39 is 5.91 Å². The van der Waals surface area contributed by atoms with Gasteiger partial charge in [0.25, 0.3) is 5.91 Å². The standard InChI is InChI=1S/C11H17N5O3/c12-8-5-16(15-10(8)11(13)18)6-9(17)14-7-1-3-19-4-2-7/h5,7H,1-4,6,12H2,(H2,13,18)(H,14,17). The van der Waals surface area contributed by atoms with E-state index in [4.69, 9.17) is 16.2 Å². The minimum Gasteiger partial charge on any atom is -0.396 e. The van der Waals surface area contributed by atoms with Crippen LogP contribution in [0.5, 0.6) is 0 Å². The second kappa shape index (κ2) is 5.70. The number of carbonyl (C=O) groups excluding carboxylic acids is 2. The first-order chi connectivity index (χ1) is 9.06. The molecule has 0 bridgehead atoms. The predicted molar refractivity (Wildman–Crippen MR) is 67.1 cm³/mol. The third kappa shape index (κ3) is 3.44. The summed E-state index contributed by atoms with van der Waals surface area (Å²) < 4.78 is 6.52. The summed E-state index contributed by atoms with van der Waals surface area (Å²) in [7, 11) is 0. The number of nitrogens with zero attached hydrogens (tertiary/aromatic N) is 2. The Morgan fingerprint density at radius 1 is 1.47 bits per heavy atom. The molecule has 1 fully saturated rings. The molecule has 8 nitrogen and oxygen atoms in total. The predicted octanol–water partition coefficient (Wildman–Crippen LogP) is -1.14. The summed E-state index contributed by atoms with van der Waals surface area (Å²) >= 11 is 0. The second-order valence-corrected chi connectivity index (χ2v) is 4.45. The normalized spacial score (nSPS) is 16.2. The van der Waals surface area contributed by atoms with Crippen LogP contribution >= 0.6 is 0 Å². The Hall–Kier alpha value is -2.09. The summed E-state index contributed by atoms with van der Waals surface area (Å²) in [4.78, 5) is 22.8. The van der Waals surface area contributed by atoms with Gasteiger partial charge in [0.1, 0.15) is 6.54 Å². The molecule has 1 aromatic heterocycles. The summed E-state index contributed by atoms with van der Waals surface area (Å²) in [6.07, 6.45) is 3.03. The van der Waals surface area contributed by atoms with Crippen molar-refractivity contribution in [1.29, 1.82) is 0 Å². The van der Waals surface area contributed by atoms with Gasteiger partial charge in [0.2, 0.25) is 5.91 Å². The molecule has 0 unspecified atom stereocenters. The molecule has 0 saturated carbocycles. The lowest BCUT2D eigenvalue weighted by Gasteiger charge is -2.23. The molecule has 0 radical (unpaired) electrons. The minimum absolute atomic E-state index is 0.00877. The average Bonchev–Trinajstić information content (AvgIpc) is 2.71. The number of aromatic nitrogens is 2. The van der Waals surface area contributed by atoms with Crippen LogP contribution in [0.2, 0.25) is 0 Å². The Morgan fingerprint density at radius 3 is 2.74 bits per heavy atom. The van der Waals surface area contributed by atoms with Gasteiger partial charge in [-0.3, -0.25) is 14.3 Å². The van der Waals surface area contributed by atoms with Crippen LogP contribution in [0, 0.1) is 0 Å². The largest absolute Gasteiger partial charge is 0.396 e. The van der Waals surface area contributed by atoms with Gasteiger partial charge in [-0.05, 0) is 12.8 Å². The smallest absolute Gasteiger partial charge is 0.271 e. The first kappa shape index (κ1) is 13.3. The molecule has 2 rings (SSSR count). The Kier molecular flexibility index (Phi) is 4.00. The Balaban J connectivity index is 1.91. The van der Waals surface area contributed by atoms with Gasteiger partial charge in [-0.15, -0.1) is 0 Å². The average molecular weight is 267 g/mol. The van der Waals surface area contributed by atoms with Gasteiger partial charge < -0.3 is 21.5 Å². The number of primary amides is 1. The van der Waals surface area contributed by atoms with E-state index in [1.165, 1.54) is 10.9 Å². The molecule has 1 saturated heterocycles. The SMILES string of the molecule is NC(=O)c1nn(CC(=O)NC2CCOCC2)cc1N. The highest BCUT2D eigenvalue weighted by Gasteiger charge is 2.17. The van der Waals surface area contributed by atoms with Crippen molar-refractivity contribution in [2.45, 2.75) is 25.4 Å². The van der Waals surface area contributed by atoms with Crippen molar-refractivity contribution in [2.24, 2.45) is 5.73 Å².